The molecule has 1 rings (SSSR count). The summed E-state index contributed by atoms with van der Waals surface area (Å²) < 4.78 is 4.69. The minimum absolute atomic E-state index is 0.0645. The number of carbonyl (C=O) groups is 1. The third kappa shape index (κ3) is 2.99. The summed E-state index contributed by atoms with van der Waals surface area (Å²) in [5.74, 6) is 1.11. The first-order chi connectivity index (χ1) is 6.27. The van der Waals surface area contributed by atoms with E-state index in [0.29, 0.717) is 18.3 Å². The van der Waals surface area contributed by atoms with Gasteiger partial charge in [-0.3, -0.25) is 4.79 Å². The van der Waals surface area contributed by atoms with Gasteiger partial charge in [0, 0.05) is 6.42 Å². The van der Waals surface area contributed by atoms with Crippen LogP contribution >= 0.6 is 0 Å². The Balaban J connectivity index is 2.40. The number of hydrogen-bond donors (Lipinski definition) is 1. The molecular weight excluding hydrogens is 166 g/mol. The average Bonchev–Trinajstić information content (AvgIpc) is 2.18. The van der Waals surface area contributed by atoms with Crippen molar-refractivity contribution in [3.05, 3.63) is 0 Å². The van der Waals surface area contributed by atoms with Crippen molar-refractivity contribution in [1.82, 2.24) is 5.32 Å². The summed E-state index contributed by atoms with van der Waals surface area (Å²) in [4.78, 5) is 11.1. The molecule has 76 valence electrons. The SMILES string of the molecule is CC[C@@H]1CNCCC1CC(=O)OC. The van der Waals surface area contributed by atoms with E-state index in [9.17, 15) is 4.79 Å². The molecule has 0 saturated carbocycles. The smallest absolute Gasteiger partial charge is 0.305 e. The summed E-state index contributed by atoms with van der Waals surface area (Å²) in [7, 11) is 1.46. The molecule has 0 aromatic rings. The van der Waals surface area contributed by atoms with E-state index >= 15 is 0 Å². The zero-order valence-electron chi connectivity index (χ0n) is 8.51. The predicted octanol–water partition coefficient (Wildman–Crippen LogP) is 1.19. The monoisotopic (exact) mass is 185 g/mol. The fourth-order valence-electron chi connectivity index (χ4n) is 2.02. The molecule has 0 amide bonds. The maximum absolute atomic E-state index is 11.1. The number of carbonyl (C=O) groups excluding carboxylic acids is 1. The Morgan fingerprint density at radius 2 is 2.31 bits per heavy atom. The van der Waals surface area contributed by atoms with Crippen molar-refractivity contribution in [2.24, 2.45) is 11.8 Å². The molecule has 0 spiro atoms. The molecule has 1 N–H and O–H groups in total. The van der Waals surface area contributed by atoms with E-state index in [2.05, 4.69) is 17.0 Å². The van der Waals surface area contributed by atoms with E-state index in [0.717, 1.165) is 25.9 Å². The minimum atomic E-state index is -0.0645. The molecule has 3 heteroatoms. The Labute approximate surface area is 79.8 Å². The van der Waals surface area contributed by atoms with Gasteiger partial charge in [-0.05, 0) is 31.3 Å². The lowest BCUT2D eigenvalue weighted by Gasteiger charge is -2.30. The Morgan fingerprint density at radius 1 is 1.54 bits per heavy atom. The summed E-state index contributed by atoms with van der Waals surface area (Å²) in [6.45, 7) is 4.28. The highest BCUT2D eigenvalue weighted by atomic mass is 16.5. The summed E-state index contributed by atoms with van der Waals surface area (Å²) in [6.07, 6.45) is 2.85. The fourth-order valence-corrected chi connectivity index (χ4v) is 2.02. The number of esters is 1. The van der Waals surface area contributed by atoms with Gasteiger partial charge in [0.1, 0.15) is 0 Å². The van der Waals surface area contributed by atoms with Crippen LogP contribution in [0.1, 0.15) is 26.2 Å². The number of ether oxygens (including phenoxy) is 1. The first-order valence-electron chi connectivity index (χ1n) is 5.05. The Kier molecular flexibility index (Phi) is 4.22. The molecule has 0 aliphatic carbocycles. The molecule has 3 nitrogen and oxygen atoms in total. The van der Waals surface area contributed by atoms with E-state index < -0.39 is 0 Å². The van der Waals surface area contributed by atoms with Gasteiger partial charge in [0.25, 0.3) is 0 Å². The zero-order valence-corrected chi connectivity index (χ0v) is 8.51. The van der Waals surface area contributed by atoms with Gasteiger partial charge in [-0.25, -0.2) is 0 Å². The highest BCUT2D eigenvalue weighted by molar-refractivity contribution is 5.69. The van der Waals surface area contributed by atoms with Gasteiger partial charge in [-0.1, -0.05) is 13.3 Å². The second-order valence-corrected chi connectivity index (χ2v) is 3.70. The molecule has 1 aliphatic rings. The Hall–Kier alpha value is -0.570. The molecule has 0 bridgehead atoms. The lowest BCUT2D eigenvalue weighted by Crippen LogP contribution is -2.37. The fraction of sp³-hybridized carbons (Fsp3) is 0.900. The third-order valence-corrected chi connectivity index (χ3v) is 2.95. The first-order valence-corrected chi connectivity index (χ1v) is 5.05. The number of rotatable bonds is 3. The van der Waals surface area contributed by atoms with Gasteiger partial charge in [0.15, 0.2) is 0 Å². The first kappa shape index (κ1) is 10.5. The summed E-state index contributed by atoms with van der Waals surface area (Å²) >= 11 is 0. The highest BCUT2D eigenvalue weighted by Gasteiger charge is 2.25. The van der Waals surface area contributed by atoms with Crippen LogP contribution in [0.4, 0.5) is 0 Å². The van der Waals surface area contributed by atoms with Crippen molar-refractivity contribution in [1.29, 1.82) is 0 Å². The number of nitrogens with one attached hydrogen (secondary N) is 1. The van der Waals surface area contributed by atoms with E-state index in [4.69, 9.17) is 0 Å². The van der Waals surface area contributed by atoms with Crippen molar-refractivity contribution in [3.63, 3.8) is 0 Å². The van der Waals surface area contributed by atoms with Crippen LogP contribution in [0.25, 0.3) is 0 Å². The van der Waals surface area contributed by atoms with Crippen LogP contribution in [0.15, 0.2) is 0 Å². The topological polar surface area (TPSA) is 38.3 Å². The van der Waals surface area contributed by atoms with Crippen LogP contribution in [-0.2, 0) is 9.53 Å². The van der Waals surface area contributed by atoms with Crippen LogP contribution in [-0.4, -0.2) is 26.2 Å². The predicted molar refractivity (Wildman–Crippen MR) is 51.4 cm³/mol. The van der Waals surface area contributed by atoms with Crippen molar-refractivity contribution >= 4 is 5.97 Å². The molecule has 1 aliphatic heterocycles. The van der Waals surface area contributed by atoms with Gasteiger partial charge in [-0.15, -0.1) is 0 Å². The number of hydrogen-bond acceptors (Lipinski definition) is 3. The zero-order chi connectivity index (χ0) is 9.68. The molecule has 0 radical (unpaired) electrons. The molecule has 0 aromatic carbocycles. The molecule has 2 atom stereocenters. The standard InChI is InChI=1S/C10H19NO2/c1-3-8-7-11-5-4-9(8)6-10(12)13-2/h8-9,11H,3-7H2,1-2H3/t8-,9?/m1/s1. The maximum Gasteiger partial charge on any atom is 0.305 e. The lowest BCUT2D eigenvalue weighted by atomic mass is 9.82. The summed E-state index contributed by atoms with van der Waals surface area (Å²) in [5.41, 5.74) is 0. The highest BCUT2D eigenvalue weighted by Crippen LogP contribution is 2.25. The van der Waals surface area contributed by atoms with E-state index in [1.807, 2.05) is 0 Å². The molecule has 13 heavy (non-hydrogen) atoms. The summed E-state index contributed by atoms with van der Waals surface area (Å²) in [5, 5.41) is 3.35. The van der Waals surface area contributed by atoms with Crippen LogP contribution in [0, 0.1) is 11.8 Å². The average molecular weight is 185 g/mol. The van der Waals surface area contributed by atoms with E-state index in [1.54, 1.807) is 0 Å². The van der Waals surface area contributed by atoms with Gasteiger partial charge in [0.05, 0.1) is 7.11 Å². The van der Waals surface area contributed by atoms with Gasteiger partial charge in [0.2, 0.25) is 0 Å². The van der Waals surface area contributed by atoms with Gasteiger partial charge in [-0.2, -0.15) is 0 Å². The van der Waals surface area contributed by atoms with E-state index in [1.165, 1.54) is 7.11 Å². The van der Waals surface area contributed by atoms with Crippen molar-refractivity contribution in [2.45, 2.75) is 26.2 Å². The maximum atomic E-state index is 11.1. The van der Waals surface area contributed by atoms with Crippen molar-refractivity contribution < 1.29 is 9.53 Å². The van der Waals surface area contributed by atoms with Gasteiger partial charge >= 0.3 is 5.97 Å². The molecule has 0 aromatic heterocycles. The lowest BCUT2D eigenvalue weighted by molar-refractivity contribution is -0.142. The molecular formula is C10H19NO2. The Morgan fingerprint density at radius 3 is 2.92 bits per heavy atom. The largest absolute Gasteiger partial charge is 0.469 e. The Bertz CT molecular complexity index is 170. The molecule has 1 saturated heterocycles. The van der Waals surface area contributed by atoms with Crippen LogP contribution in [0.5, 0.6) is 0 Å². The summed E-state index contributed by atoms with van der Waals surface area (Å²) in [6, 6.07) is 0. The third-order valence-electron chi connectivity index (χ3n) is 2.95. The number of methoxy groups -OCH3 is 1. The van der Waals surface area contributed by atoms with Crippen molar-refractivity contribution in [2.75, 3.05) is 20.2 Å². The van der Waals surface area contributed by atoms with Crippen LogP contribution in [0.2, 0.25) is 0 Å². The minimum Gasteiger partial charge on any atom is -0.469 e. The quantitative estimate of drug-likeness (QED) is 0.671. The second kappa shape index (κ2) is 5.22. The van der Waals surface area contributed by atoms with Crippen molar-refractivity contribution in [3.8, 4) is 0 Å². The van der Waals surface area contributed by atoms with Gasteiger partial charge < -0.3 is 10.1 Å². The molecule has 1 heterocycles. The van der Waals surface area contributed by atoms with Crippen LogP contribution < -0.4 is 5.32 Å². The second-order valence-electron chi connectivity index (χ2n) is 3.70. The molecule has 1 fully saturated rings. The number of piperidine rings is 1. The molecule has 1 unspecified atom stereocenters. The van der Waals surface area contributed by atoms with Crippen LogP contribution in [0.3, 0.4) is 0 Å². The normalized spacial score (nSPS) is 28.5. The van der Waals surface area contributed by atoms with E-state index in [-0.39, 0.29) is 5.97 Å².